The van der Waals surface area contributed by atoms with Crippen molar-refractivity contribution in [1.29, 1.82) is 0 Å². The molecule has 0 bridgehead atoms. The van der Waals surface area contributed by atoms with Crippen LogP contribution in [0.4, 0.5) is 0 Å². The number of thioether (sulfide) groups is 2. The minimum atomic E-state index is 0.188. The summed E-state index contributed by atoms with van der Waals surface area (Å²) in [5.74, 6) is 3.60. The quantitative estimate of drug-likeness (QED) is 0.588. The van der Waals surface area contributed by atoms with Crippen LogP contribution in [0.5, 0.6) is 0 Å². The van der Waals surface area contributed by atoms with Gasteiger partial charge in [-0.3, -0.25) is 0 Å². The zero-order valence-corrected chi connectivity index (χ0v) is 12.3. The first-order valence-corrected chi connectivity index (χ1v) is 8.29. The predicted octanol–water partition coefficient (Wildman–Crippen LogP) is 2.62. The van der Waals surface area contributed by atoms with Crippen LogP contribution >= 0.6 is 74.0 Å². The first kappa shape index (κ1) is 13.2. The molecule has 1 heterocycles. The second-order valence-electron chi connectivity index (χ2n) is 2.90. The maximum atomic E-state index is 4.40. The molecule has 0 radical (unpaired) electrons. The molecule has 1 aliphatic rings. The lowest BCUT2D eigenvalue weighted by molar-refractivity contribution is 0.969. The fourth-order valence-corrected chi connectivity index (χ4v) is 7.12. The first-order chi connectivity index (χ1) is 6.21. The summed E-state index contributed by atoms with van der Waals surface area (Å²) in [7, 11) is 0. The highest BCUT2D eigenvalue weighted by Gasteiger charge is 2.43. The van der Waals surface area contributed by atoms with Crippen LogP contribution in [0.3, 0.4) is 0 Å². The second kappa shape index (κ2) is 5.99. The SMILES string of the molecule is SCC1SC(CS)(CS)SC1CS. The van der Waals surface area contributed by atoms with E-state index in [-0.39, 0.29) is 4.08 Å². The largest absolute Gasteiger partial charge is 0.178 e. The fraction of sp³-hybridized carbons (Fsp3) is 1.00. The third-order valence-corrected chi connectivity index (χ3v) is 8.99. The van der Waals surface area contributed by atoms with E-state index < -0.39 is 0 Å². The van der Waals surface area contributed by atoms with E-state index in [2.05, 4.69) is 50.5 Å². The maximum Gasteiger partial charge on any atom is 0.0792 e. The van der Waals surface area contributed by atoms with Gasteiger partial charge in [0.25, 0.3) is 0 Å². The topological polar surface area (TPSA) is 0 Å². The Bertz CT molecular complexity index is 143. The summed E-state index contributed by atoms with van der Waals surface area (Å²) in [6, 6.07) is 0. The van der Waals surface area contributed by atoms with Gasteiger partial charge in [-0.15, -0.1) is 23.5 Å². The van der Waals surface area contributed by atoms with Crippen LogP contribution in [0.1, 0.15) is 0 Å². The molecule has 1 saturated heterocycles. The van der Waals surface area contributed by atoms with Gasteiger partial charge in [-0.25, -0.2) is 0 Å². The van der Waals surface area contributed by atoms with Gasteiger partial charge in [0.2, 0.25) is 0 Å². The van der Waals surface area contributed by atoms with Crippen molar-refractivity contribution in [3.05, 3.63) is 0 Å². The zero-order valence-electron chi connectivity index (χ0n) is 7.09. The van der Waals surface area contributed by atoms with Crippen LogP contribution in [-0.4, -0.2) is 37.6 Å². The normalized spacial score (nSPS) is 32.3. The van der Waals surface area contributed by atoms with E-state index in [1.165, 1.54) is 0 Å². The molecule has 1 fully saturated rings. The molecule has 0 aliphatic carbocycles. The lowest BCUT2D eigenvalue weighted by atomic mass is 10.3. The van der Waals surface area contributed by atoms with Gasteiger partial charge in [0.15, 0.2) is 0 Å². The molecule has 2 atom stereocenters. The van der Waals surface area contributed by atoms with Crippen molar-refractivity contribution in [2.75, 3.05) is 23.0 Å². The Morgan fingerprint density at radius 2 is 1.23 bits per heavy atom. The highest BCUT2D eigenvalue weighted by atomic mass is 32.2. The molecule has 1 aliphatic heterocycles. The van der Waals surface area contributed by atoms with Crippen molar-refractivity contribution in [3.8, 4) is 0 Å². The standard InChI is InChI=1S/C7H14S6/c8-1-5-6(2-9)13-7(3-10,4-11)12-5/h5-6,8-11H,1-4H2. The second-order valence-corrected chi connectivity index (χ2v) is 7.77. The Morgan fingerprint density at radius 1 is 0.846 bits per heavy atom. The first-order valence-electron chi connectivity index (χ1n) is 4.00. The summed E-state index contributed by atoms with van der Waals surface area (Å²) in [4.78, 5) is 0. The highest BCUT2D eigenvalue weighted by Crippen LogP contribution is 2.53. The number of hydrogen-bond donors (Lipinski definition) is 4. The van der Waals surface area contributed by atoms with Crippen molar-refractivity contribution >= 4 is 74.0 Å². The Balaban J connectivity index is 2.65. The lowest BCUT2D eigenvalue weighted by Gasteiger charge is -2.23. The van der Waals surface area contributed by atoms with Crippen molar-refractivity contribution in [2.24, 2.45) is 0 Å². The van der Waals surface area contributed by atoms with E-state index in [0.29, 0.717) is 10.5 Å². The molecule has 0 aromatic carbocycles. The third kappa shape index (κ3) is 3.03. The molecule has 2 unspecified atom stereocenters. The van der Waals surface area contributed by atoms with Crippen molar-refractivity contribution in [2.45, 2.75) is 14.6 Å². The van der Waals surface area contributed by atoms with Gasteiger partial charge in [0.1, 0.15) is 0 Å². The minimum absolute atomic E-state index is 0.188. The van der Waals surface area contributed by atoms with Gasteiger partial charge in [0, 0.05) is 33.5 Å². The van der Waals surface area contributed by atoms with Gasteiger partial charge in [0.05, 0.1) is 4.08 Å². The summed E-state index contributed by atoms with van der Waals surface area (Å²) >= 11 is 21.5. The van der Waals surface area contributed by atoms with Crippen LogP contribution in [0, 0.1) is 0 Å². The molecule has 0 N–H and O–H groups in total. The van der Waals surface area contributed by atoms with Crippen LogP contribution in [0.15, 0.2) is 0 Å². The Labute approximate surface area is 111 Å². The number of rotatable bonds is 4. The summed E-state index contributed by atoms with van der Waals surface area (Å²) < 4.78 is 0.188. The predicted molar refractivity (Wildman–Crippen MR) is 80.9 cm³/mol. The Hall–Kier alpha value is 2.10. The average Bonchev–Trinajstić information content (AvgIpc) is 2.57. The molecular formula is C7H14S6. The molecule has 0 spiro atoms. The van der Waals surface area contributed by atoms with Gasteiger partial charge in [-0.1, -0.05) is 0 Å². The molecule has 6 heteroatoms. The highest BCUT2D eigenvalue weighted by molar-refractivity contribution is 8.23. The van der Waals surface area contributed by atoms with Crippen molar-refractivity contribution in [1.82, 2.24) is 0 Å². The molecule has 1 rings (SSSR count). The van der Waals surface area contributed by atoms with Crippen molar-refractivity contribution < 1.29 is 0 Å². The lowest BCUT2D eigenvalue weighted by Crippen LogP contribution is -2.22. The molecule has 0 nitrogen and oxygen atoms in total. The van der Waals surface area contributed by atoms with Crippen LogP contribution < -0.4 is 0 Å². The molecule has 0 aromatic rings. The number of hydrogen-bond acceptors (Lipinski definition) is 6. The molecule has 78 valence electrons. The minimum Gasteiger partial charge on any atom is -0.178 e. The van der Waals surface area contributed by atoms with Gasteiger partial charge in [-0.2, -0.15) is 50.5 Å². The van der Waals surface area contributed by atoms with E-state index in [1.54, 1.807) is 0 Å². The summed E-state index contributed by atoms with van der Waals surface area (Å²) in [6.07, 6.45) is 0. The molecule has 0 saturated carbocycles. The Morgan fingerprint density at radius 3 is 1.46 bits per heavy atom. The van der Waals surface area contributed by atoms with Crippen LogP contribution in [0.2, 0.25) is 0 Å². The van der Waals surface area contributed by atoms with Crippen LogP contribution in [0.25, 0.3) is 0 Å². The summed E-state index contributed by atoms with van der Waals surface area (Å²) in [6.45, 7) is 0. The van der Waals surface area contributed by atoms with E-state index in [0.717, 1.165) is 23.0 Å². The molecule has 13 heavy (non-hydrogen) atoms. The van der Waals surface area contributed by atoms with E-state index in [1.807, 2.05) is 23.5 Å². The number of thiol groups is 4. The fourth-order valence-electron chi connectivity index (χ4n) is 1.24. The Kier molecular flexibility index (Phi) is 6.07. The molecule has 0 amide bonds. The monoisotopic (exact) mass is 290 g/mol. The van der Waals surface area contributed by atoms with Crippen LogP contribution in [-0.2, 0) is 0 Å². The molecular weight excluding hydrogens is 276 g/mol. The smallest absolute Gasteiger partial charge is 0.0792 e. The zero-order chi connectivity index (χ0) is 9.90. The molecule has 0 aromatic heterocycles. The van der Waals surface area contributed by atoms with Gasteiger partial charge in [-0.05, 0) is 0 Å². The van der Waals surface area contributed by atoms with Gasteiger partial charge < -0.3 is 0 Å². The third-order valence-electron chi connectivity index (χ3n) is 1.99. The van der Waals surface area contributed by atoms with E-state index >= 15 is 0 Å². The van der Waals surface area contributed by atoms with E-state index in [4.69, 9.17) is 0 Å². The summed E-state index contributed by atoms with van der Waals surface area (Å²) in [5.41, 5.74) is 0. The average molecular weight is 291 g/mol. The van der Waals surface area contributed by atoms with Gasteiger partial charge >= 0.3 is 0 Å². The van der Waals surface area contributed by atoms with E-state index in [9.17, 15) is 0 Å². The maximum absolute atomic E-state index is 4.40. The van der Waals surface area contributed by atoms with Crippen molar-refractivity contribution in [3.63, 3.8) is 0 Å². The summed E-state index contributed by atoms with van der Waals surface area (Å²) in [5, 5.41) is 1.20.